The zero-order valence-corrected chi connectivity index (χ0v) is 19.9. The number of carbonyl (C=O) groups excluding carboxylic acids is 2. The topological polar surface area (TPSA) is 79.2 Å². The number of esters is 1. The van der Waals surface area contributed by atoms with Crippen molar-refractivity contribution in [2.75, 3.05) is 0 Å². The molecule has 3 aromatic rings. The number of fused-ring (bicyclic) bond motifs is 1. The van der Waals surface area contributed by atoms with Gasteiger partial charge in [-0.05, 0) is 23.6 Å². The van der Waals surface area contributed by atoms with E-state index in [9.17, 15) is 14.7 Å². The molecule has 7 heteroatoms. The number of ether oxygens (including phenoxy) is 1. The van der Waals surface area contributed by atoms with E-state index in [1.54, 1.807) is 0 Å². The smallest absolute Gasteiger partial charge is 0.359 e. The van der Waals surface area contributed by atoms with Crippen LogP contribution in [0.4, 0.5) is 0 Å². The SMILES string of the molecule is C/C(O)=C(/C(=O)OC(c1ccccc1)c1ccccc1)N1C(=O)C2N=C(Cc3ccccc3)SC21. The van der Waals surface area contributed by atoms with Crippen LogP contribution < -0.4 is 0 Å². The average Bonchev–Trinajstić information content (AvgIpc) is 3.25. The summed E-state index contributed by atoms with van der Waals surface area (Å²) in [6, 6.07) is 28.1. The molecule has 0 spiro atoms. The van der Waals surface area contributed by atoms with E-state index in [0.717, 1.165) is 21.7 Å². The molecule has 1 N–H and O–H groups in total. The minimum absolute atomic E-state index is 0.142. The fraction of sp³-hybridized carbons (Fsp3) is 0.179. The molecular weight excluding hydrogens is 460 g/mol. The van der Waals surface area contributed by atoms with Crippen LogP contribution in [0.5, 0.6) is 0 Å². The van der Waals surface area contributed by atoms with E-state index in [0.29, 0.717) is 6.42 Å². The molecule has 1 fully saturated rings. The fourth-order valence-corrected chi connectivity index (χ4v) is 5.60. The maximum atomic E-state index is 13.4. The first-order valence-corrected chi connectivity index (χ1v) is 12.2. The number of rotatable bonds is 7. The van der Waals surface area contributed by atoms with Crippen LogP contribution in [0.25, 0.3) is 0 Å². The summed E-state index contributed by atoms with van der Waals surface area (Å²) in [6.07, 6.45) is -0.0711. The van der Waals surface area contributed by atoms with Crippen molar-refractivity contribution < 1.29 is 19.4 Å². The van der Waals surface area contributed by atoms with Crippen LogP contribution in [0.15, 0.2) is 107 Å². The van der Waals surface area contributed by atoms with Gasteiger partial charge >= 0.3 is 5.97 Å². The number of hydrogen-bond acceptors (Lipinski definition) is 6. The van der Waals surface area contributed by atoms with Crippen molar-refractivity contribution in [3.05, 3.63) is 119 Å². The predicted octanol–water partition coefficient (Wildman–Crippen LogP) is 5.03. The molecule has 0 radical (unpaired) electrons. The Bertz CT molecular complexity index is 1250. The van der Waals surface area contributed by atoms with E-state index in [-0.39, 0.29) is 22.7 Å². The number of hydrogen-bond donors (Lipinski definition) is 1. The summed E-state index contributed by atoms with van der Waals surface area (Å²) >= 11 is 1.44. The van der Waals surface area contributed by atoms with E-state index in [1.165, 1.54) is 23.6 Å². The van der Waals surface area contributed by atoms with Crippen LogP contribution in [0.1, 0.15) is 29.7 Å². The molecule has 2 atom stereocenters. The summed E-state index contributed by atoms with van der Waals surface area (Å²) in [5.74, 6) is -1.34. The lowest BCUT2D eigenvalue weighted by Crippen LogP contribution is -2.61. The molecule has 2 aliphatic heterocycles. The molecule has 0 saturated carbocycles. The number of aliphatic imine (C=N–C) groups is 1. The Morgan fingerprint density at radius 3 is 2.06 bits per heavy atom. The number of β-lactam (4-membered cyclic amide) rings is 1. The Kier molecular flexibility index (Phi) is 6.42. The van der Waals surface area contributed by atoms with E-state index in [1.807, 2.05) is 91.0 Å². The van der Waals surface area contributed by atoms with Gasteiger partial charge < -0.3 is 9.84 Å². The first-order valence-electron chi connectivity index (χ1n) is 11.3. The zero-order valence-electron chi connectivity index (χ0n) is 19.1. The van der Waals surface area contributed by atoms with Crippen LogP contribution in [-0.2, 0) is 20.7 Å². The molecule has 1 amide bonds. The normalized spacial score (nSPS) is 19.5. The minimum atomic E-state index is -0.758. The highest BCUT2D eigenvalue weighted by molar-refractivity contribution is 8.14. The molecule has 1 saturated heterocycles. The monoisotopic (exact) mass is 484 g/mol. The van der Waals surface area contributed by atoms with Crippen LogP contribution >= 0.6 is 11.8 Å². The number of thioether (sulfide) groups is 1. The molecule has 2 aliphatic rings. The molecule has 0 aromatic heterocycles. The van der Waals surface area contributed by atoms with Gasteiger partial charge in [0.25, 0.3) is 5.91 Å². The largest absolute Gasteiger partial charge is 0.510 e. The highest BCUT2D eigenvalue weighted by Crippen LogP contribution is 2.43. The molecule has 6 nitrogen and oxygen atoms in total. The van der Waals surface area contributed by atoms with Crippen molar-refractivity contribution in [2.24, 2.45) is 4.99 Å². The Morgan fingerprint density at radius 1 is 0.971 bits per heavy atom. The zero-order chi connectivity index (χ0) is 24.4. The van der Waals surface area contributed by atoms with Crippen molar-refractivity contribution in [1.82, 2.24) is 4.90 Å². The highest BCUT2D eigenvalue weighted by atomic mass is 32.2. The summed E-state index contributed by atoms with van der Waals surface area (Å²) in [5, 5.41) is 10.9. The van der Waals surface area contributed by atoms with Gasteiger partial charge in [0, 0.05) is 6.42 Å². The van der Waals surface area contributed by atoms with E-state index in [4.69, 9.17) is 4.74 Å². The lowest BCUT2D eigenvalue weighted by molar-refractivity contribution is -0.153. The van der Waals surface area contributed by atoms with Gasteiger partial charge in [0.15, 0.2) is 17.8 Å². The van der Waals surface area contributed by atoms with Crippen molar-refractivity contribution >= 4 is 28.7 Å². The summed E-state index contributed by atoms with van der Waals surface area (Å²) in [7, 11) is 0. The first kappa shape index (κ1) is 22.9. The molecule has 0 aliphatic carbocycles. The number of aliphatic hydroxyl groups excluding tert-OH is 1. The van der Waals surface area contributed by atoms with Crippen molar-refractivity contribution in [3.63, 3.8) is 0 Å². The van der Waals surface area contributed by atoms with Gasteiger partial charge in [0.2, 0.25) is 0 Å². The molecule has 2 unspecified atom stereocenters. The lowest BCUT2D eigenvalue weighted by Gasteiger charge is -2.41. The Balaban J connectivity index is 1.36. The van der Waals surface area contributed by atoms with Gasteiger partial charge in [-0.25, -0.2) is 4.79 Å². The maximum absolute atomic E-state index is 13.4. The number of nitrogens with zero attached hydrogens (tertiary/aromatic N) is 2. The predicted molar refractivity (Wildman–Crippen MR) is 136 cm³/mol. The van der Waals surface area contributed by atoms with Gasteiger partial charge in [-0.15, -0.1) is 0 Å². The fourth-order valence-electron chi connectivity index (χ4n) is 4.27. The number of carbonyl (C=O) groups is 2. The van der Waals surface area contributed by atoms with E-state index < -0.39 is 18.1 Å². The molecular formula is C28H24N2O4S. The third kappa shape index (κ3) is 4.59. The molecule has 5 rings (SSSR count). The van der Waals surface area contributed by atoms with Gasteiger partial charge in [-0.3, -0.25) is 14.7 Å². The second-order valence-corrected chi connectivity index (χ2v) is 9.58. The van der Waals surface area contributed by atoms with Crippen LogP contribution in [0, 0.1) is 0 Å². The van der Waals surface area contributed by atoms with Gasteiger partial charge in [-0.2, -0.15) is 0 Å². The Hall–Kier alpha value is -3.84. The molecule has 35 heavy (non-hydrogen) atoms. The number of benzene rings is 3. The minimum Gasteiger partial charge on any atom is -0.510 e. The molecule has 0 bridgehead atoms. The Morgan fingerprint density at radius 2 is 1.51 bits per heavy atom. The summed E-state index contributed by atoms with van der Waals surface area (Å²) in [4.78, 5) is 32.3. The van der Waals surface area contributed by atoms with Gasteiger partial charge in [-0.1, -0.05) is 103 Å². The molecule has 2 heterocycles. The maximum Gasteiger partial charge on any atom is 0.359 e. The quantitative estimate of drug-likeness (QED) is 0.220. The lowest BCUT2D eigenvalue weighted by atomic mass is 10.0. The summed E-state index contributed by atoms with van der Waals surface area (Å²) in [5.41, 5.74) is 2.54. The number of allylic oxidation sites excluding steroid dienone is 1. The van der Waals surface area contributed by atoms with Crippen molar-refractivity contribution in [1.29, 1.82) is 0 Å². The Labute approximate surface area is 208 Å². The number of aliphatic hydroxyl groups is 1. The molecule has 3 aromatic carbocycles. The van der Waals surface area contributed by atoms with E-state index in [2.05, 4.69) is 4.99 Å². The van der Waals surface area contributed by atoms with E-state index >= 15 is 0 Å². The second-order valence-electron chi connectivity index (χ2n) is 8.39. The second kappa shape index (κ2) is 9.80. The van der Waals surface area contributed by atoms with Gasteiger partial charge in [0.1, 0.15) is 11.1 Å². The highest BCUT2D eigenvalue weighted by Gasteiger charge is 2.55. The standard InChI is InChI=1S/C28H24N2O4S/c1-18(31)24(28(33)34-25(20-13-7-3-8-14-20)21-15-9-4-10-16-21)30-26(32)23-27(30)35-22(29-23)17-19-11-5-2-6-12-19/h2-16,23,25,27,31H,17H2,1H3/b24-18+. The van der Waals surface area contributed by atoms with Crippen LogP contribution in [0.2, 0.25) is 0 Å². The van der Waals surface area contributed by atoms with Crippen LogP contribution in [-0.4, -0.2) is 38.3 Å². The number of amides is 1. The average molecular weight is 485 g/mol. The third-order valence-electron chi connectivity index (χ3n) is 5.96. The third-order valence-corrected chi connectivity index (χ3v) is 7.19. The number of likely N-dealkylation sites (tertiary alicyclic amines) is 1. The van der Waals surface area contributed by atoms with Crippen LogP contribution in [0.3, 0.4) is 0 Å². The molecule has 176 valence electrons. The van der Waals surface area contributed by atoms with Crippen molar-refractivity contribution in [3.8, 4) is 0 Å². The van der Waals surface area contributed by atoms with Gasteiger partial charge in [0.05, 0.1) is 5.04 Å². The summed E-state index contributed by atoms with van der Waals surface area (Å²) < 4.78 is 5.92. The van der Waals surface area contributed by atoms with Crippen molar-refractivity contribution in [2.45, 2.75) is 30.9 Å². The summed E-state index contributed by atoms with van der Waals surface area (Å²) in [6.45, 7) is 1.39. The first-order chi connectivity index (χ1) is 17.0.